The Morgan fingerprint density at radius 2 is 1.71 bits per heavy atom. The summed E-state index contributed by atoms with van der Waals surface area (Å²) in [6.07, 6.45) is 0.562. The molecule has 3 N–H and O–H groups in total. The van der Waals surface area contributed by atoms with E-state index in [4.69, 9.17) is 15.5 Å². The molecule has 5 aromatic rings. The number of hydrogen-bond acceptors (Lipinski definition) is 6. The lowest BCUT2D eigenvalue weighted by molar-refractivity contribution is 0.291. The largest absolute Gasteiger partial charge is 0.485 e. The van der Waals surface area contributed by atoms with Gasteiger partial charge in [0.2, 0.25) is 0 Å². The molecule has 0 atom stereocenters. The standard InChI is InChI=1S/C32H29FN4O3S/c1-20-28(27-18-25(21(2)41-27)30(34)36-39)32(38)37(17-16-22-10-5-3-6-11-22)31(35-20)24-14-9-15-26(33)29(24)40-19-23-12-7-4-8-13-23/h3-15,18,39H,16-17,19H2,1-2H3,(H2,34,36). The van der Waals surface area contributed by atoms with E-state index in [1.54, 1.807) is 29.7 Å². The Balaban J connectivity index is 1.65. The summed E-state index contributed by atoms with van der Waals surface area (Å²) in [7, 11) is 0. The highest BCUT2D eigenvalue weighted by Crippen LogP contribution is 2.35. The van der Waals surface area contributed by atoms with Gasteiger partial charge in [-0.15, -0.1) is 11.3 Å². The summed E-state index contributed by atoms with van der Waals surface area (Å²) in [5.41, 5.74) is 9.36. The second-order valence-corrected chi connectivity index (χ2v) is 10.8. The smallest absolute Gasteiger partial charge is 0.262 e. The van der Waals surface area contributed by atoms with E-state index < -0.39 is 5.82 Å². The fraction of sp³-hybridized carbons (Fsp3) is 0.156. The normalized spacial score (nSPS) is 11.5. The number of ether oxygens (including phenoxy) is 1. The van der Waals surface area contributed by atoms with Crippen molar-refractivity contribution >= 4 is 17.2 Å². The van der Waals surface area contributed by atoms with Crippen LogP contribution < -0.4 is 16.0 Å². The third-order valence-corrected chi connectivity index (χ3v) is 7.87. The molecule has 5 rings (SSSR count). The Morgan fingerprint density at radius 3 is 2.39 bits per heavy atom. The molecule has 0 fully saturated rings. The van der Waals surface area contributed by atoms with E-state index in [0.29, 0.717) is 46.1 Å². The Labute approximate surface area is 241 Å². The molecular formula is C32H29FN4O3S. The quantitative estimate of drug-likeness (QED) is 0.0939. The van der Waals surface area contributed by atoms with Gasteiger partial charge in [0.25, 0.3) is 5.56 Å². The van der Waals surface area contributed by atoms with Crippen molar-refractivity contribution in [3.8, 4) is 27.6 Å². The Morgan fingerprint density at radius 1 is 1.02 bits per heavy atom. The van der Waals surface area contributed by atoms with Gasteiger partial charge in [0.05, 0.1) is 16.8 Å². The molecule has 0 bridgehead atoms. The van der Waals surface area contributed by atoms with Gasteiger partial charge in [0.15, 0.2) is 17.4 Å². The molecule has 0 unspecified atom stereocenters. The molecule has 0 saturated carbocycles. The first-order chi connectivity index (χ1) is 19.9. The van der Waals surface area contributed by atoms with E-state index in [1.165, 1.54) is 17.4 Å². The number of para-hydroxylation sites is 1. The van der Waals surface area contributed by atoms with Crippen molar-refractivity contribution in [3.63, 3.8) is 0 Å². The van der Waals surface area contributed by atoms with Crippen LogP contribution in [0.4, 0.5) is 4.39 Å². The van der Waals surface area contributed by atoms with Crippen molar-refractivity contribution in [3.05, 3.63) is 128 Å². The van der Waals surface area contributed by atoms with Gasteiger partial charge in [-0.25, -0.2) is 9.37 Å². The van der Waals surface area contributed by atoms with Crippen molar-refractivity contribution in [2.45, 2.75) is 33.4 Å². The molecule has 41 heavy (non-hydrogen) atoms. The van der Waals surface area contributed by atoms with E-state index in [1.807, 2.05) is 67.6 Å². The number of nitrogens with two attached hydrogens (primary N) is 1. The number of thiophene rings is 1. The molecule has 0 saturated heterocycles. The number of aryl methyl sites for hydroxylation is 3. The summed E-state index contributed by atoms with van der Waals surface area (Å²) < 4.78 is 22.8. The third kappa shape index (κ3) is 5.90. The van der Waals surface area contributed by atoms with Crippen LogP contribution in [-0.4, -0.2) is 20.6 Å². The number of rotatable bonds is 9. The van der Waals surface area contributed by atoms with Crippen LogP contribution in [0.3, 0.4) is 0 Å². The molecule has 0 aliphatic heterocycles. The predicted molar refractivity (Wildman–Crippen MR) is 160 cm³/mol. The first kappa shape index (κ1) is 27.8. The SMILES string of the molecule is Cc1nc(-c2cccc(F)c2OCc2ccccc2)n(CCc2ccccc2)c(=O)c1-c1cc(C(N)=NO)c(C)s1. The number of halogens is 1. The van der Waals surface area contributed by atoms with Crippen LogP contribution in [-0.2, 0) is 19.6 Å². The van der Waals surface area contributed by atoms with Crippen LogP contribution >= 0.6 is 11.3 Å². The van der Waals surface area contributed by atoms with Gasteiger partial charge < -0.3 is 15.7 Å². The summed E-state index contributed by atoms with van der Waals surface area (Å²) in [5.74, 6) is -0.220. The topological polar surface area (TPSA) is 103 Å². The predicted octanol–water partition coefficient (Wildman–Crippen LogP) is 6.31. The number of oxime groups is 1. The molecule has 3 aromatic carbocycles. The van der Waals surface area contributed by atoms with E-state index in [-0.39, 0.29) is 23.8 Å². The molecule has 0 aliphatic carbocycles. The maximum absolute atomic E-state index is 15.2. The van der Waals surface area contributed by atoms with Gasteiger partial charge in [0.1, 0.15) is 12.4 Å². The van der Waals surface area contributed by atoms with Crippen LogP contribution in [0.15, 0.2) is 94.9 Å². The van der Waals surface area contributed by atoms with Crippen molar-refractivity contribution in [1.82, 2.24) is 9.55 Å². The van der Waals surface area contributed by atoms with Gasteiger partial charge in [-0.2, -0.15) is 0 Å². The fourth-order valence-corrected chi connectivity index (χ4v) is 5.84. The second-order valence-electron chi connectivity index (χ2n) is 9.54. The minimum atomic E-state index is -0.540. The first-order valence-electron chi connectivity index (χ1n) is 13.1. The Hall–Kier alpha value is -4.76. The van der Waals surface area contributed by atoms with Crippen molar-refractivity contribution in [1.29, 1.82) is 0 Å². The summed E-state index contributed by atoms with van der Waals surface area (Å²) in [6, 6.07) is 25.7. The minimum Gasteiger partial charge on any atom is -0.485 e. The van der Waals surface area contributed by atoms with Crippen LogP contribution in [0, 0.1) is 19.7 Å². The van der Waals surface area contributed by atoms with Crippen molar-refractivity contribution < 1.29 is 14.3 Å². The number of amidine groups is 1. The number of aromatic nitrogens is 2. The van der Waals surface area contributed by atoms with Crippen LogP contribution in [0.1, 0.15) is 27.3 Å². The van der Waals surface area contributed by atoms with Crippen molar-refractivity contribution in [2.75, 3.05) is 0 Å². The van der Waals surface area contributed by atoms with Gasteiger partial charge in [-0.1, -0.05) is 71.9 Å². The molecule has 0 spiro atoms. The zero-order valence-corrected chi connectivity index (χ0v) is 23.5. The number of hydrogen-bond donors (Lipinski definition) is 2. The third-order valence-electron chi connectivity index (χ3n) is 6.80. The highest BCUT2D eigenvalue weighted by atomic mass is 32.1. The highest BCUT2D eigenvalue weighted by molar-refractivity contribution is 7.15. The molecule has 208 valence electrons. The van der Waals surface area contributed by atoms with Crippen LogP contribution in [0.5, 0.6) is 5.75 Å². The number of nitrogens with zero attached hydrogens (tertiary/aromatic N) is 3. The average molecular weight is 569 g/mol. The molecule has 0 radical (unpaired) electrons. The summed E-state index contributed by atoms with van der Waals surface area (Å²) in [4.78, 5) is 20.5. The monoisotopic (exact) mass is 568 g/mol. The van der Waals surface area contributed by atoms with E-state index in [9.17, 15) is 10.0 Å². The summed E-state index contributed by atoms with van der Waals surface area (Å²) in [6.45, 7) is 4.06. The fourth-order valence-electron chi connectivity index (χ4n) is 4.72. The lowest BCUT2D eigenvalue weighted by Gasteiger charge is -2.18. The Bertz CT molecular complexity index is 1770. The molecule has 0 amide bonds. The van der Waals surface area contributed by atoms with Gasteiger partial charge in [-0.3, -0.25) is 9.36 Å². The van der Waals surface area contributed by atoms with Gasteiger partial charge in [0, 0.05) is 21.9 Å². The van der Waals surface area contributed by atoms with E-state index in [2.05, 4.69) is 5.16 Å². The lowest BCUT2D eigenvalue weighted by atomic mass is 10.1. The minimum absolute atomic E-state index is 0.0309. The van der Waals surface area contributed by atoms with Gasteiger partial charge in [-0.05, 0) is 49.6 Å². The van der Waals surface area contributed by atoms with Crippen LogP contribution in [0.25, 0.3) is 21.8 Å². The molecule has 0 aliphatic rings. The Kier molecular flexibility index (Phi) is 8.26. The molecule has 2 heterocycles. The van der Waals surface area contributed by atoms with E-state index in [0.717, 1.165) is 16.0 Å². The molecule has 9 heteroatoms. The molecule has 2 aromatic heterocycles. The maximum atomic E-state index is 15.2. The lowest BCUT2D eigenvalue weighted by Crippen LogP contribution is -2.27. The molecular weight excluding hydrogens is 539 g/mol. The van der Waals surface area contributed by atoms with Crippen molar-refractivity contribution in [2.24, 2.45) is 10.9 Å². The highest BCUT2D eigenvalue weighted by Gasteiger charge is 2.23. The average Bonchev–Trinajstić information content (AvgIpc) is 3.37. The zero-order valence-electron chi connectivity index (χ0n) is 22.7. The summed E-state index contributed by atoms with van der Waals surface area (Å²) in [5, 5.41) is 12.3. The number of benzene rings is 3. The van der Waals surface area contributed by atoms with Gasteiger partial charge >= 0.3 is 0 Å². The zero-order chi connectivity index (χ0) is 28.9. The molecule has 7 nitrogen and oxygen atoms in total. The summed E-state index contributed by atoms with van der Waals surface area (Å²) >= 11 is 1.37. The second kappa shape index (κ2) is 12.2. The van der Waals surface area contributed by atoms with Crippen LogP contribution in [0.2, 0.25) is 0 Å². The van der Waals surface area contributed by atoms with E-state index >= 15 is 4.39 Å². The first-order valence-corrected chi connectivity index (χ1v) is 13.9. The maximum Gasteiger partial charge on any atom is 0.262 e.